The van der Waals surface area contributed by atoms with Crippen molar-refractivity contribution in [2.45, 2.75) is 27.7 Å². The van der Waals surface area contributed by atoms with Crippen LogP contribution in [0.2, 0.25) is 0 Å². The molecule has 0 spiro atoms. The van der Waals surface area contributed by atoms with E-state index in [4.69, 9.17) is 4.74 Å². The van der Waals surface area contributed by atoms with Crippen LogP contribution in [0.4, 0.5) is 0 Å². The van der Waals surface area contributed by atoms with E-state index in [0.29, 0.717) is 31.7 Å². The minimum absolute atomic E-state index is 0.000755. The van der Waals surface area contributed by atoms with Gasteiger partial charge in [-0.1, -0.05) is 57.2 Å². The van der Waals surface area contributed by atoms with Crippen molar-refractivity contribution in [3.8, 4) is 22.7 Å². The summed E-state index contributed by atoms with van der Waals surface area (Å²) in [6.45, 7) is 9.97. The normalized spacial score (nSPS) is 14.3. The molecule has 6 nitrogen and oxygen atoms in total. The Hall–Kier alpha value is -3.54. The first kappa shape index (κ1) is 23.6. The van der Waals surface area contributed by atoms with Gasteiger partial charge in [-0.15, -0.1) is 0 Å². The Morgan fingerprint density at radius 1 is 0.853 bits per heavy atom. The lowest BCUT2D eigenvalue weighted by atomic mass is 9.94. The number of piperazine rings is 1. The molecule has 2 heterocycles. The summed E-state index contributed by atoms with van der Waals surface area (Å²) in [5, 5.41) is 0. The summed E-state index contributed by atoms with van der Waals surface area (Å²) in [4.78, 5) is 30.0. The van der Waals surface area contributed by atoms with E-state index < -0.39 is 5.41 Å². The highest BCUT2D eigenvalue weighted by Crippen LogP contribution is 2.31. The Labute approximate surface area is 201 Å². The third kappa shape index (κ3) is 4.58. The van der Waals surface area contributed by atoms with Gasteiger partial charge >= 0.3 is 0 Å². The quantitative estimate of drug-likeness (QED) is 0.564. The fraction of sp³-hybridized carbons (Fsp3) is 0.357. The smallest absolute Gasteiger partial charge is 0.255 e. The molecule has 1 aromatic heterocycles. The predicted molar refractivity (Wildman–Crippen MR) is 134 cm³/mol. The van der Waals surface area contributed by atoms with Crippen LogP contribution in [0, 0.1) is 12.3 Å². The molecule has 0 atom stereocenters. The van der Waals surface area contributed by atoms with Crippen molar-refractivity contribution in [2.75, 3.05) is 33.3 Å². The molecule has 34 heavy (non-hydrogen) atoms. The molecule has 0 aliphatic carbocycles. The number of ether oxygens (including phenoxy) is 1. The van der Waals surface area contributed by atoms with Gasteiger partial charge in [0.15, 0.2) is 0 Å². The molecule has 2 amide bonds. The third-order valence-corrected chi connectivity index (χ3v) is 6.35. The monoisotopic (exact) mass is 459 g/mol. The minimum Gasteiger partial charge on any atom is -0.497 e. The molecule has 178 valence electrons. The first-order chi connectivity index (χ1) is 16.2. The van der Waals surface area contributed by atoms with Crippen LogP contribution in [-0.2, 0) is 4.79 Å². The first-order valence-electron chi connectivity index (χ1n) is 11.7. The summed E-state index contributed by atoms with van der Waals surface area (Å²) >= 11 is 0. The molecule has 1 saturated heterocycles. The molecular formula is C28H33N3O3. The second-order valence-corrected chi connectivity index (χ2v) is 9.77. The molecule has 2 aromatic carbocycles. The molecule has 1 aliphatic heterocycles. The van der Waals surface area contributed by atoms with Crippen LogP contribution in [0.1, 0.15) is 36.8 Å². The zero-order valence-electron chi connectivity index (χ0n) is 20.7. The van der Waals surface area contributed by atoms with Crippen molar-refractivity contribution < 1.29 is 14.3 Å². The lowest BCUT2D eigenvalue weighted by Gasteiger charge is -2.37. The van der Waals surface area contributed by atoms with Gasteiger partial charge in [-0.25, -0.2) is 0 Å². The van der Waals surface area contributed by atoms with E-state index in [1.165, 1.54) is 0 Å². The van der Waals surface area contributed by atoms with Crippen LogP contribution in [-0.4, -0.2) is 59.5 Å². The number of carbonyl (C=O) groups excluding carboxylic acids is 2. The highest BCUT2D eigenvalue weighted by atomic mass is 16.5. The average molecular weight is 460 g/mol. The Bertz CT molecular complexity index is 1180. The van der Waals surface area contributed by atoms with E-state index in [-0.39, 0.29) is 11.8 Å². The summed E-state index contributed by atoms with van der Waals surface area (Å²) < 4.78 is 7.56. The molecule has 0 unspecified atom stereocenters. The van der Waals surface area contributed by atoms with Crippen LogP contribution < -0.4 is 4.74 Å². The van der Waals surface area contributed by atoms with Crippen LogP contribution in [0.5, 0.6) is 5.75 Å². The molecule has 0 saturated carbocycles. The second-order valence-electron chi connectivity index (χ2n) is 9.77. The number of methoxy groups -OCH3 is 1. The maximum Gasteiger partial charge on any atom is 0.255 e. The Morgan fingerprint density at radius 3 is 2.12 bits per heavy atom. The van der Waals surface area contributed by atoms with Crippen molar-refractivity contribution in [1.29, 1.82) is 0 Å². The molecule has 4 rings (SSSR count). The molecule has 0 bridgehead atoms. The number of benzene rings is 2. The van der Waals surface area contributed by atoms with Gasteiger partial charge in [0.1, 0.15) is 5.75 Å². The summed E-state index contributed by atoms with van der Waals surface area (Å²) in [6.07, 6.45) is 0. The predicted octanol–water partition coefficient (Wildman–Crippen LogP) is 4.79. The van der Waals surface area contributed by atoms with Crippen LogP contribution >= 0.6 is 0 Å². The highest BCUT2D eigenvalue weighted by Gasteiger charge is 2.32. The Morgan fingerprint density at radius 2 is 1.50 bits per heavy atom. The fourth-order valence-electron chi connectivity index (χ4n) is 4.48. The van der Waals surface area contributed by atoms with Gasteiger partial charge in [0.05, 0.1) is 18.4 Å². The number of hydrogen-bond acceptors (Lipinski definition) is 3. The van der Waals surface area contributed by atoms with E-state index in [1.807, 2.05) is 86.0 Å². The molecule has 6 heteroatoms. The van der Waals surface area contributed by atoms with Crippen molar-refractivity contribution >= 4 is 11.8 Å². The molecule has 0 N–H and O–H groups in total. The van der Waals surface area contributed by atoms with Gasteiger partial charge in [-0.2, -0.15) is 0 Å². The minimum atomic E-state index is -0.415. The molecule has 0 radical (unpaired) electrons. The Balaban J connectivity index is 1.67. The third-order valence-electron chi connectivity index (χ3n) is 6.35. The summed E-state index contributed by atoms with van der Waals surface area (Å²) in [7, 11) is 1.65. The van der Waals surface area contributed by atoms with Gasteiger partial charge in [-0.05, 0) is 30.7 Å². The largest absolute Gasteiger partial charge is 0.497 e. The summed E-state index contributed by atoms with van der Waals surface area (Å²) in [5.74, 6) is 0.891. The molecule has 3 aromatic rings. The molecule has 1 fully saturated rings. The van der Waals surface area contributed by atoms with Crippen molar-refractivity contribution in [1.82, 2.24) is 14.4 Å². The number of hydrogen-bond donors (Lipinski definition) is 0. The zero-order valence-corrected chi connectivity index (χ0v) is 20.7. The lowest BCUT2D eigenvalue weighted by Crippen LogP contribution is -2.53. The Kier molecular flexibility index (Phi) is 6.51. The number of rotatable bonds is 4. The fourth-order valence-corrected chi connectivity index (χ4v) is 4.48. The zero-order chi connectivity index (χ0) is 24.5. The lowest BCUT2D eigenvalue weighted by molar-refractivity contribution is -0.140. The standard InChI is InChI=1S/C28H33N3O3/c1-20-24(26(32)29-14-16-30(17-15-29)27(33)28(2,3)4)19-25(21-10-7-6-8-11-21)31(20)22-12-9-13-23(18-22)34-5/h6-13,18-19H,14-17H2,1-5H3. The van der Waals surface area contributed by atoms with Crippen LogP contribution in [0.3, 0.4) is 0 Å². The van der Waals surface area contributed by atoms with Gasteiger partial charge in [0.25, 0.3) is 5.91 Å². The number of nitrogens with zero attached hydrogens (tertiary/aromatic N) is 3. The number of carbonyl (C=O) groups is 2. The van der Waals surface area contributed by atoms with Gasteiger partial charge in [-0.3, -0.25) is 9.59 Å². The van der Waals surface area contributed by atoms with Crippen molar-refractivity contribution in [2.24, 2.45) is 5.41 Å². The number of aromatic nitrogens is 1. The van der Waals surface area contributed by atoms with Crippen LogP contribution in [0.15, 0.2) is 60.7 Å². The SMILES string of the molecule is COc1cccc(-n2c(-c3ccccc3)cc(C(=O)N3CCN(C(=O)C(C)(C)C)CC3)c2C)c1. The van der Waals surface area contributed by atoms with Gasteiger partial charge < -0.3 is 19.1 Å². The van der Waals surface area contributed by atoms with E-state index in [0.717, 1.165) is 28.4 Å². The first-order valence-corrected chi connectivity index (χ1v) is 11.7. The summed E-state index contributed by atoms with van der Waals surface area (Å²) in [5.41, 5.74) is 4.07. The van der Waals surface area contributed by atoms with Crippen LogP contribution in [0.25, 0.3) is 16.9 Å². The van der Waals surface area contributed by atoms with E-state index in [1.54, 1.807) is 7.11 Å². The van der Waals surface area contributed by atoms with Gasteiger partial charge in [0, 0.05) is 49.0 Å². The molecular weight excluding hydrogens is 426 g/mol. The second kappa shape index (κ2) is 9.37. The topological polar surface area (TPSA) is 54.8 Å². The average Bonchev–Trinajstić information content (AvgIpc) is 3.20. The highest BCUT2D eigenvalue weighted by molar-refractivity contribution is 5.97. The van der Waals surface area contributed by atoms with E-state index >= 15 is 0 Å². The van der Waals surface area contributed by atoms with Gasteiger partial charge in [0.2, 0.25) is 5.91 Å². The van der Waals surface area contributed by atoms with E-state index in [9.17, 15) is 9.59 Å². The van der Waals surface area contributed by atoms with Crippen molar-refractivity contribution in [3.63, 3.8) is 0 Å². The maximum absolute atomic E-state index is 13.6. The van der Waals surface area contributed by atoms with E-state index in [2.05, 4.69) is 16.7 Å². The number of amides is 2. The van der Waals surface area contributed by atoms with Crippen molar-refractivity contribution in [3.05, 3.63) is 71.9 Å². The maximum atomic E-state index is 13.6. The summed E-state index contributed by atoms with van der Waals surface area (Å²) in [6, 6.07) is 19.9. The molecule has 1 aliphatic rings.